The molecule has 0 spiro atoms. The van der Waals surface area contributed by atoms with Crippen molar-refractivity contribution in [2.45, 2.75) is 4.21 Å². The van der Waals surface area contributed by atoms with Gasteiger partial charge in [-0.3, -0.25) is 10.1 Å². The molecular formula is C11H6N2O4S3. The van der Waals surface area contributed by atoms with Crippen molar-refractivity contribution in [3.05, 3.63) is 49.5 Å². The second-order valence-corrected chi connectivity index (χ2v) is 7.68. The summed E-state index contributed by atoms with van der Waals surface area (Å²) in [5, 5.41) is 21.1. The maximum absolute atomic E-state index is 12.2. The Morgan fingerprint density at radius 3 is 2.65 bits per heavy atom. The van der Waals surface area contributed by atoms with E-state index in [-0.39, 0.29) is 9.21 Å². The van der Waals surface area contributed by atoms with Crippen molar-refractivity contribution in [2.24, 2.45) is 0 Å². The molecule has 2 aromatic heterocycles. The zero-order valence-electron chi connectivity index (χ0n) is 9.72. The third-order valence-electron chi connectivity index (χ3n) is 2.23. The van der Waals surface area contributed by atoms with Crippen molar-refractivity contribution in [1.82, 2.24) is 0 Å². The minimum atomic E-state index is -3.86. The van der Waals surface area contributed by atoms with Crippen molar-refractivity contribution in [2.75, 3.05) is 0 Å². The summed E-state index contributed by atoms with van der Waals surface area (Å²) in [5.74, 6) is 0. The summed E-state index contributed by atoms with van der Waals surface area (Å²) in [4.78, 5) is 9.91. The molecule has 0 saturated carbocycles. The van der Waals surface area contributed by atoms with Gasteiger partial charge in [0.1, 0.15) is 10.3 Å². The molecule has 0 radical (unpaired) electrons. The Morgan fingerprint density at radius 1 is 1.40 bits per heavy atom. The standard InChI is InChI=1S/C11H6N2O4S3/c12-7-9(20(16,17)11-2-1-5-18-11)6-8-3-4-10(19-8)13(14)15/h1-6H. The molecule has 0 saturated heterocycles. The molecule has 0 unspecified atom stereocenters. The Hall–Kier alpha value is -2.02. The molecule has 0 atom stereocenters. The van der Waals surface area contributed by atoms with Crippen LogP contribution in [0.5, 0.6) is 0 Å². The number of nitro groups is 1. The van der Waals surface area contributed by atoms with Crippen LogP contribution in [0.15, 0.2) is 38.8 Å². The monoisotopic (exact) mass is 326 g/mol. The van der Waals surface area contributed by atoms with Crippen LogP contribution in [0, 0.1) is 21.4 Å². The molecule has 0 fully saturated rings. The fourth-order valence-electron chi connectivity index (χ4n) is 1.34. The summed E-state index contributed by atoms with van der Waals surface area (Å²) in [5.41, 5.74) is 0. The average molecular weight is 326 g/mol. The molecule has 0 aliphatic carbocycles. The Balaban J connectivity index is 2.45. The third-order valence-corrected chi connectivity index (χ3v) is 6.27. The Bertz CT molecular complexity index is 810. The van der Waals surface area contributed by atoms with E-state index in [2.05, 4.69) is 0 Å². The van der Waals surface area contributed by atoms with Crippen molar-refractivity contribution >= 4 is 43.6 Å². The van der Waals surface area contributed by atoms with Crippen molar-refractivity contribution in [3.63, 3.8) is 0 Å². The van der Waals surface area contributed by atoms with Gasteiger partial charge in [-0.25, -0.2) is 8.42 Å². The molecule has 102 valence electrons. The maximum Gasteiger partial charge on any atom is 0.324 e. The molecule has 9 heteroatoms. The fraction of sp³-hybridized carbons (Fsp3) is 0. The van der Waals surface area contributed by atoms with E-state index < -0.39 is 19.7 Å². The molecule has 0 aromatic carbocycles. The average Bonchev–Trinajstić information content (AvgIpc) is 3.06. The molecule has 2 rings (SSSR count). The van der Waals surface area contributed by atoms with Gasteiger partial charge in [-0.2, -0.15) is 5.26 Å². The Labute approximate surface area is 122 Å². The van der Waals surface area contributed by atoms with Crippen LogP contribution in [-0.2, 0) is 9.84 Å². The van der Waals surface area contributed by atoms with Gasteiger partial charge in [0.2, 0.25) is 9.84 Å². The topological polar surface area (TPSA) is 101 Å². The Morgan fingerprint density at radius 2 is 2.15 bits per heavy atom. The largest absolute Gasteiger partial charge is 0.324 e. The summed E-state index contributed by atoms with van der Waals surface area (Å²) >= 11 is 1.82. The lowest BCUT2D eigenvalue weighted by atomic mass is 10.4. The SMILES string of the molecule is N#CC(=Cc1ccc([N+](=O)[O-])s1)S(=O)(=O)c1cccs1. The van der Waals surface area contributed by atoms with E-state index in [1.54, 1.807) is 17.5 Å². The predicted molar refractivity (Wildman–Crippen MR) is 76.1 cm³/mol. The zero-order chi connectivity index (χ0) is 14.8. The molecule has 0 amide bonds. The normalized spacial score (nSPS) is 12.1. The molecule has 0 N–H and O–H groups in total. The van der Waals surface area contributed by atoms with Gasteiger partial charge >= 0.3 is 5.00 Å². The van der Waals surface area contributed by atoms with E-state index in [4.69, 9.17) is 5.26 Å². The van der Waals surface area contributed by atoms with Gasteiger partial charge in [0.15, 0.2) is 4.91 Å². The van der Waals surface area contributed by atoms with Crippen LogP contribution in [0.1, 0.15) is 4.88 Å². The number of allylic oxidation sites excluding steroid dienone is 1. The molecule has 0 bridgehead atoms. The smallest absolute Gasteiger partial charge is 0.258 e. The number of sulfone groups is 1. The van der Waals surface area contributed by atoms with Gasteiger partial charge in [-0.15, -0.1) is 11.3 Å². The third kappa shape index (κ3) is 2.77. The molecule has 0 aliphatic heterocycles. The first-order valence-corrected chi connectivity index (χ1v) is 8.27. The second-order valence-electron chi connectivity index (χ2n) is 3.49. The first-order valence-electron chi connectivity index (χ1n) is 5.10. The van der Waals surface area contributed by atoms with E-state index in [1.807, 2.05) is 0 Å². The number of nitriles is 1. The van der Waals surface area contributed by atoms with Crippen LogP contribution in [0.25, 0.3) is 6.08 Å². The van der Waals surface area contributed by atoms with Crippen molar-refractivity contribution in [1.29, 1.82) is 5.26 Å². The maximum atomic E-state index is 12.2. The summed E-state index contributed by atoms with van der Waals surface area (Å²) in [6, 6.07) is 7.28. The number of nitrogens with zero attached hydrogens (tertiary/aromatic N) is 2. The molecular weight excluding hydrogens is 320 g/mol. The molecule has 2 aromatic rings. The predicted octanol–water partition coefficient (Wildman–Crippen LogP) is 3.06. The summed E-state index contributed by atoms with van der Waals surface area (Å²) in [7, 11) is -3.86. The zero-order valence-corrected chi connectivity index (χ0v) is 12.2. The number of thiophene rings is 2. The van der Waals surface area contributed by atoms with Crippen molar-refractivity contribution in [3.8, 4) is 6.07 Å². The van der Waals surface area contributed by atoms with Gasteiger partial charge < -0.3 is 0 Å². The van der Waals surface area contributed by atoms with E-state index in [0.717, 1.165) is 28.7 Å². The Kier molecular flexibility index (Phi) is 3.99. The van der Waals surface area contributed by atoms with Crippen LogP contribution in [0.2, 0.25) is 0 Å². The van der Waals surface area contributed by atoms with Gasteiger partial charge in [-0.1, -0.05) is 17.4 Å². The van der Waals surface area contributed by atoms with E-state index in [0.29, 0.717) is 4.88 Å². The number of hydrogen-bond donors (Lipinski definition) is 0. The fourth-order valence-corrected chi connectivity index (χ4v) is 4.45. The number of hydrogen-bond acceptors (Lipinski definition) is 7. The quantitative estimate of drug-likeness (QED) is 0.488. The van der Waals surface area contributed by atoms with Gasteiger partial charge in [0.05, 0.1) is 4.92 Å². The molecule has 0 aliphatic rings. The van der Waals surface area contributed by atoms with Crippen LogP contribution in [0.4, 0.5) is 5.00 Å². The molecule has 2 heterocycles. The lowest BCUT2D eigenvalue weighted by molar-refractivity contribution is -0.380. The minimum Gasteiger partial charge on any atom is -0.258 e. The first-order chi connectivity index (χ1) is 9.45. The van der Waals surface area contributed by atoms with Crippen LogP contribution in [-0.4, -0.2) is 13.3 Å². The van der Waals surface area contributed by atoms with E-state index in [1.165, 1.54) is 18.2 Å². The van der Waals surface area contributed by atoms with Gasteiger partial charge in [-0.05, 0) is 23.6 Å². The highest BCUT2D eigenvalue weighted by Crippen LogP contribution is 2.29. The first kappa shape index (κ1) is 14.4. The van der Waals surface area contributed by atoms with Crippen LogP contribution >= 0.6 is 22.7 Å². The lowest BCUT2D eigenvalue weighted by Gasteiger charge is -1.98. The highest BCUT2D eigenvalue weighted by molar-refractivity contribution is 7.97. The minimum absolute atomic E-state index is 0.0661. The second kappa shape index (κ2) is 5.54. The highest BCUT2D eigenvalue weighted by Gasteiger charge is 2.22. The summed E-state index contributed by atoms with van der Waals surface area (Å²) < 4.78 is 24.4. The summed E-state index contributed by atoms with van der Waals surface area (Å²) in [6.45, 7) is 0. The van der Waals surface area contributed by atoms with Crippen molar-refractivity contribution < 1.29 is 13.3 Å². The van der Waals surface area contributed by atoms with E-state index in [9.17, 15) is 18.5 Å². The van der Waals surface area contributed by atoms with Crippen LogP contribution < -0.4 is 0 Å². The van der Waals surface area contributed by atoms with Crippen LogP contribution in [0.3, 0.4) is 0 Å². The molecule has 20 heavy (non-hydrogen) atoms. The highest BCUT2D eigenvalue weighted by atomic mass is 32.2. The number of rotatable bonds is 4. The van der Waals surface area contributed by atoms with E-state index >= 15 is 0 Å². The summed E-state index contributed by atoms with van der Waals surface area (Å²) in [6.07, 6.45) is 1.15. The van der Waals surface area contributed by atoms with Gasteiger partial charge in [0.25, 0.3) is 0 Å². The lowest BCUT2D eigenvalue weighted by Crippen LogP contribution is -2.00. The van der Waals surface area contributed by atoms with Gasteiger partial charge in [0, 0.05) is 10.9 Å². The molecule has 6 nitrogen and oxygen atoms in total.